The number of nitrogens with zero attached hydrogens (tertiary/aromatic N) is 4. The van der Waals surface area contributed by atoms with Gasteiger partial charge in [0.2, 0.25) is 11.8 Å². The molecule has 4 heterocycles. The number of benzene rings is 1. The van der Waals surface area contributed by atoms with Gasteiger partial charge in [-0.1, -0.05) is 36.2 Å². The minimum atomic E-state index is -0.118. The molecule has 3 aliphatic heterocycles. The molecule has 0 saturated carbocycles. The van der Waals surface area contributed by atoms with E-state index >= 15 is 0 Å². The summed E-state index contributed by atoms with van der Waals surface area (Å²) in [6, 6.07) is 7.54. The molecule has 3 fully saturated rings. The van der Waals surface area contributed by atoms with Gasteiger partial charge >= 0.3 is 6.03 Å². The van der Waals surface area contributed by atoms with E-state index in [-0.39, 0.29) is 24.6 Å². The van der Waals surface area contributed by atoms with E-state index in [1.807, 2.05) is 30.2 Å². The second-order valence-corrected chi connectivity index (χ2v) is 12.8. The van der Waals surface area contributed by atoms with Crippen LogP contribution in [0.3, 0.4) is 0 Å². The number of carbonyl (C=O) groups excluding carboxylic acids is 2. The molecule has 0 aliphatic carbocycles. The normalized spacial score (nSPS) is 18.3. The van der Waals surface area contributed by atoms with Gasteiger partial charge in [0.15, 0.2) is 0 Å². The fourth-order valence-corrected chi connectivity index (χ4v) is 6.34. The van der Waals surface area contributed by atoms with E-state index in [0.29, 0.717) is 24.0 Å². The van der Waals surface area contributed by atoms with Crippen molar-refractivity contribution >= 4 is 35.1 Å². The third-order valence-electron chi connectivity index (χ3n) is 8.62. The van der Waals surface area contributed by atoms with E-state index in [1.54, 1.807) is 11.0 Å². The average molecular weight is 633 g/mol. The molecule has 1 aromatic heterocycles. The zero-order chi connectivity index (χ0) is 30.8. The van der Waals surface area contributed by atoms with Gasteiger partial charge in [0.1, 0.15) is 6.10 Å². The van der Waals surface area contributed by atoms with Crippen molar-refractivity contribution in [2.75, 3.05) is 52.4 Å². The van der Waals surface area contributed by atoms with Crippen LogP contribution in [0.15, 0.2) is 30.5 Å². The minimum Gasteiger partial charge on any atom is -0.473 e. The molecule has 1 N–H and O–H groups in total. The highest BCUT2D eigenvalue weighted by Gasteiger charge is 2.28. The molecular formula is C33H47Cl2N5O3. The highest BCUT2D eigenvalue weighted by molar-refractivity contribution is 6.35. The topological polar surface area (TPSA) is 78.0 Å². The highest BCUT2D eigenvalue weighted by Crippen LogP contribution is 2.34. The molecule has 3 saturated heterocycles. The predicted octanol–water partition coefficient (Wildman–Crippen LogP) is 6.46. The summed E-state index contributed by atoms with van der Waals surface area (Å²) in [7, 11) is 0. The molecule has 5 rings (SSSR count). The van der Waals surface area contributed by atoms with Gasteiger partial charge in [0, 0.05) is 54.5 Å². The molecule has 1 atom stereocenters. The molecule has 43 heavy (non-hydrogen) atoms. The first-order valence-corrected chi connectivity index (χ1v) is 16.6. The molecule has 3 aliphatic rings. The molecule has 236 valence electrons. The van der Waals surface area contributed by atoms with Crippen molar-refractivity contribution in [1.29, 1.82) is 0 Å². The first kappa shape index (κ1) is 33.3. The lowest BCUT2D eigenvalue weighted by Gasteiger charge is -2.33. The maximum atomic E-state index is 12.7. The molecule has 10 heteroatoms. The number of aromatic nitrogens is 1. The summed E-state index contributed by atoms with van der Waals surface area (Å²) in [5, 5.41) is 4.21. The summed E-state index contributed by atoms with van der Waals surface area (Å²) in [6.07, 6.45) is 9.43. The SMILES string of the molecule is CCC(CN1CCCC1)Oc1ncc(C)cc1C1CCN(C(=O)CNC(=O)N2CCCC2)CC1.Cc1ccc(Cl)cc1Cl. The van der Waals surface area contributed by atoms with Crippen molar-refractivity contribution in [3.8, 4) is 5.88 Å². The molecule has 0 spiro atoms. The lowest BCUT2D eigenvalue weighted by molar-refractivity contribution is -0.131. The number of ether oxygens (including phenoxy) is 1. The number of rotatable bonds is 8. The Kier molecular flexibility index (Phi) is 12.8. The first-order chi connectivity index (χ1) is 20.7. The number of amides is 3. The smallest absolute Gasteiger partial charge is 0.317 e. The van der Waals surface area contributed by atoms with Crippen molar-refractivity contribution in [3.05, 3.63) is 57.2 Å². The van der Waals surface area contributed by atoms with Gasteiger partial charge in [-0.05, 0) is 107 Å². The Bertz CT molecular complexity index is 1210. The number of halogens is 2. The maximum Gasteiger partial charge on any atom is 0.317 e. The molecule has 3 amide bonds. The number of aryl methyl sites for hydroxylation is 2. The summed E-state index contributed by atoms with van der Waals surface area (Å²) in [5.74, 6) is 1.09. The number of hydrogen-bond acceptors (Lipinski definition) is 5. The van der Waals surface area contributed by atoms with E-state index in [4.69, 9.17) is 27.9 Å². The number of carbonyl (C=O) groups is 2. The molecule has 0 radical (unpaired) electrons. The van der Waals surface area contributed by atoms with Gasteiger partial charge < -0.3 is 19.9 Å². The van der Waals surface area contributed by atoms with Crippen molar-refractivity contribution < 1.29 is 14.3 Å². The Morgan fingerprint density at radius 2 is 1.65 bits per heavy atom. The molecular weight excluding hydrogens is 585 g/mol. The number of pyridine rings is 1. The number of likely N-dealkylation sites (tertiary alicyclic amines) is 3. The number of nitrogens with one attached hydrogen (secondary N) is 1. The number of urea groups is 1. The first-order valence-electron chi connectivity index (χ1n) is 15.8. The van der Waals surface area contributed by atoms with Gasteiger partial charge in [-0.25, -0.2) is 9.78 Å². The van der Waals surface area contributed by atoms with Crippen LogP contribution in [-0.2, 0) is 4.79 Å². The highest BCUT2D eigenvalue weighted by atomic mass is 35.5. The van der Waals surface area contributed by atoms with Crippen LogP contribution in [0.25, 0.3) is 0 Å². The Balaban J connectivity index is 0.000000403. The minimum absolute atomic E-state index is 0.00139. The van der Waals surface area contributed by atoms with E-state index in [0.717, 1.165) is 73.8 Å². The molecule has 1 aromatic carbocycles. The largest absolute Gasteiger partial charge is 0.473 e. The van der Waals surface area contributed by atoms with E-state index < -0.39 is 0 Å². The van der Waals surface area contributed by atoms with Crippen LogP contribution in [0.5, 0.6) is 5.88 Å². The third kappa shape index (κ3) is 9.98. The van der Waals surface area contributed by atoms with Gasteiger partial charge in [0.05, 0.1) is 6.54 Å². The quantitative estimate of drug-likeness (QED) is 0.362. The summed E-state index contributed by atoms with van der Waals surface area (Å²) in [4.78, 5) is 35.7. The molecule has 1 unspecified atom stereocenters. The predicted molar refractivity (Wildman–Crippen MR) is 173 cm³/mol. The standard InChI is InChI=1S/C26H41N5O3.C7H6Cl2/c1-3-22(19-29-10-4-5-11-29)34-25-23(16-20(2)17-27-25)21-8-14-30(15-9-21)24(32)18-28-26(33)31-12-6-7-13-31;1-5-2-3-6(8)4-7(5)9/h16-17,21-22H,3-15,18-19H2,1-2H3,(H,28,33);2-4H,1H3. The Morgan fingerprint density at radius 1 is 0.977 bits per heavy atom. The zero-order valence-electron chi connectivity index (χ0n) is 25.9. The van der Waals surface area contributed by atoms with Crippen LogP contribution in [0.4, 0.5) is 4.79 Å². The van der Waals surface area contributed by atoms with E-state index in [1.165, 1.54) is 31.5 Å². The fraction of sp³-hybridized carbons (Fsp3) is 0.606. The summed E-state index contributed by atoms with van der Waals surface area (Å²) >= 11 is 11.4. The van der Waals surface area contributed by atoms with Crippen LogP contribution in [0.2, 0.25) is 10.0 Å². The van der Waals surface area contributed by atoms with E-state index in [2.05, 4.69) is 35.1 Å². The zero-order valence-corrected chi connectivity index (χ0v) is 27.4. The van der Waals surface area contributed by atoms with Crippen LogP contribution in [0, 0.1) is 13.8 Å². The molecule has 2 aromatic rings. The Labute approximate surface area is 267 Å². The average Bonchev–Trinajstić information content (AvgIpc) is 3.74. The second-order valence-electron chi connectivity index (χ2n) is 12.0. The second kappa shape index (κ2) is 16.5. The lowest BCUT2D eigenvalue weighted by Crippen LogP contribution is -2.46. The van der Waals surface area contributed by atoms with Crippen molar-refractivity contribution in [2.24, 2.45) is 0 Å². The summed E-state index contributed by atoms with van der Waals surface area (Å²) < 4.78 is 6.47. The van der Waals surface area contributed by atoms with Gasteiger partial charge in [-0.3, -0.25) is 9.69 Å². The Morgan fingerprint density at radius 3 is 2.28 bits per heavy atom. The number of hydrogen-bond donors (Lipinski definition) is 1. The van der Waals surface area contributed by atoms with Crippen LogP contribution in [0.1, 0.15) is 74.5 Å². The lowest BCUT2D eigenvalue weighted by atomic mass is 9.89. The summed E-state index contributed by atoms with van der Waals surface area (Å²) in [5.41, 5.74) is 3.37. The van der Waals surface area contributed by atoms with Crippen molar-refractivity contribution in [2.45, 2.75) is 77.7 Å². The van der Waals surface area contributed by atoms with E-state index in [9.17, 15) is 9.59 Å². The maximum absolute atomic E-state index is 12.7. The summed E-state index contributed by atoms with van der Waals surface area (Å²) in [6.45, 7) is 12.5. The van der Waals surface area contributed by atoms with Crippen LogP contribution >= 0.6 is 23.2 Å². The van der Waals surface area contributed by atoms with Gasteiger partial charge in [-0.15, -0.1) is 0 Å². The van der Waals surface area contributed by atoms with Crippen LogP contribution in [-0.4, -0.2) is 90.1 Å². The monoisotopic (exact) mass is 631 g/mol. The third-order valence-corrected chi connectivity index (χ3v) is 9.26. The molecule has 8 nitrogen and oxygen atoms in total. The van der Waals surface area contributed by atoms with Crippen molar-refractivity contribution in [3.63, 3.8) is 0 Å². The van der Waals surface area contributed by atoms with Crippen molar-refractivity contribution in [1.82, 2.24) is 25.0 Å². The fourth-order valence-electron chi connectivity index (χ4n) is 5.93. The van der Waals surface area contributed by atoms with Crippen LogP contribution < -0.4 is 10.1 Å². The molecule has 0 bridgehead atoms. The van der Waals surface area contributed by atoms with Gasteiger partial charge in [0.25, 0.3) is 0 Å². The Hall–Kier alpha value is -2.55. The number of piperidine rings is 1. The van der Waals surface area contributed by atoms with Gasteiger partial charge in [-0.2, -0.15) is 0 Å².